The van der Waals surface area contributed by atoms with Crippen LogP contribution in [-0.4, -0.2) is 47.1 Å². The van der Waals surface area contributed by atoms with Gasteiger partial charge in [0.05, 0.1) is 16.8 Å². The summed E-state index contributed by atoms with van der Waals surface area (Å²) in [6, 6.07) is 52.6. The number of rotatable bonds is 13. The largest absolute Gasteiger partial charge is 0.461 e. The van der Waals surface area contributed by atoms with Gasteiger partial charge in [-0.25, -0.2) is 14.6 Å². The summed E-state index contributed by atoms with van der Waals surface area (Å²) in [6.45, 7) is 6.45. The molecule has 65 heavy (non-hydrogen) atoms. The summed E-state index contributed by atoms with van der Waals surface area (Å²) in [5.74, 6) is 0.0929. The second-order valence-electron chi connectivity index (χ2n) is 16.5. The molecule has 0 bridgehead atoms. The van der Waals surface area contributed by atoms with E-state index in [4.69, 9.17) is 14.5 Å². The molecule has 11 heteroatoms. The molecule has 1 unspecified atom stereocenters. The highest BCUT2D eigenvalue weighted by Crippen LogP contribution is 2.45. The Labute approximate surface area is 390 Å². The van der Waals surface area contributed by atoms with E-state index in [1.165, 1.54) is 62.6 Å². The molecule has 0 aliphatic heterocycles. The number of para-hydroxylation sites is 1. The van der Waals surface area contributed by atoms with Crippen LogP contribution in [0.2, 0.25) is 0 Å². The first kappa shape index (κ1) is 41.2. The lowest BCUT2D eigenvalue weighted by Gasteiger charge is -2.30. The number of hydrogen-bond acceptors (Lipinski definition) is 9. The molecule has 320 valence electrons. The van der Waals surface area contributed by atoms with Gasteiger partial charge in [0, 0.05) is 85.9 Å². The SMILES string of the molecule is C=CC(=O)OCCNC(=O)OCC(C)(CSc1nc2ccccc2s1)Cn1c2ccc(-c3cccc4c3sc3ccccc34)cc2c2cc(-c3cccc4c3sc3ccccc34)ccc21. The van der Waals surface area contributed by atoms with Crippen molar-refractivity contribution in [3.63, 3.8) is 0 Å². The summed E-state index contributed by atoms with van der Waals surface area (Å²) >= 11 is 7.05. The van der Waals surface area contributed by atoms with E-state index in [9.17, 15) is 9.59 Å². The van der Waals surface area contributed by atoms with Gasteiger partial charge in [-0.2, -0.15) is 0 Å². The Bertz CT molecular complexity index is 3450. The van der Waals surface area contributed by atoms with Gasteiger partial charge in [0.1, 0.15) is 13.2 Å². The lowest BCUT2D eigenvalue weighted by atomic mass is 9.94. The molecule has 0 saturated heterocycles. The molecule has 0 saturated carbocycles. The standard InChI is InChI=1S/C54H41N3O4S4/c1-3-49(58)60-27-26-55-52(59)61-31-54(2,32-62-53-56-43-18-6-9-21-48(43)65-53)30-57-44-24-22-33(35-14-10-16-39-37-12-4-7-19-46(37)63-50(35)39)28-41(44)42-29-34(23-25-45(42)57)36-15-11-17-40-38-13-5-8-20-47(38)64-51(36)40/h3-25,28-29H,1,26-27,30-32H2,2H3,(H,55,59). The van der Waals surface area contributed by atoms with E-state index in [1.807, 2.05) is 40.9 Å². The van der Waals surface area contributed by atoms with Crippen molar-refractivity contribution < 1.29 is 19.1 Å². The number of ether oxygens (including phenoxy) is 2. The highest BCUT2D eigenvalue weighted by molar-refractivity contribution is 8.01. The number of fused-ring (bicyclic) bond motifs is 10. The van der Waals surface area contributed by atoms with Gasteiger partial charge in [-0.05, 0) is 70.8 Å². The monoisotopic (exact) mass is 923 g/mol. The third-order valence-corrected chi connectivity index (χ3v) is 17.0. The summed E-state index contributed by atoms with van der Waals surface area (Å²) in [5.41, 5.74) is 7.40. The van der Waals surface area contributed by atoms with Crippen molar-refractivity contribution in [3.8, 4) is 22.3 Å². The Hall–Kier alpha value is -6.50. The van der Waals surface area contributed by atoms with Gasteiger partial charge in [0.25, 0.3) is 0 Å². The predicted molar refractivity (Wildman–Crippen MR) is 275 cm³/mol. The van der Waals surface area contributed by atoms with Crippen molar-refractivity contribution >= 4 is 130 Å². The van der Waals surface area contributed by atoms with E-state index >= 15 is 0 Å². The average molecular weight is 924 g/mol. The van der Waals surface area contributed by atoms with Crippen LogP contribution >= 0.6 is 45.8 Å². The van der Waals surface area contributed by atoms with Gasteiger partial charge in [0.15, 0.2) is 4.34 Å². The van der Waals surface area contributed by atoms with E-state index < -0.39 is 17.5 Å². The molecule has 0 aliphatic carbocycles. The molecule has 7 nitrogen and oxygen atoms in total. The van der Waals surface area contributed by atoms with Gasteiger partial charge in [-0.3, -0.25) is 0 Å². The third kappa shape index (κ3) is 7.82. The number of alkyl carbamates (subject to hydrolysis) is 1. The first-order valence-corrected chi connectivity index (χ1v) is 24.8. The molecule has 0 fully saturated rings. The number of carbonyl (C=O) groups is 2. The summed E-state index contributed by atoms with van der Waals surface area (Å²) in [5, 5.41) is 10.2. The van der Waals surface area contributed by atoms with Gasteiger partial charge < -0.3 is 19.4 Å². The van der Waals surface area contributed by atoms with E-state index in [1.54, 1.807) is 23.1 Å². The number of benzene rings is 7. The first-order chi connectivity index (χ1) is 31.8. The summed E-state index contributed by atoms with van der Waals surface area (Å²) in [6.07, 6.45) is 0.527. The zero-order chi connectivity index (χ0) is 44.1. The summed E-state index contributed by atoms with van der Waals surface area (Å²) in [7, 11) is 0. The fraction of sp³-hybridized carbons (Fsp3) is 0.130. The van der Waals surface area contributed by atoms with E-state index in [0.29, 0.717) is 12.3 Å². The third-order valence-electron chi connectivity index (χ3n) is 12.0. The minimum atomic E-state index is -0.571. The van der Waals surface area contributed by atoms with Gasteiger partial charge in [-0.15, -0.1) is 34.0 Å². The van der Waals surface area contributed by atoms with E-state index in [2.05, 4.69) is 151 Å². The predicted octanol–water partition coefficient (Wildman–Crippen LogP) is 14.7. The lowest BCUT2D eigenvalue weighted by molar-refractivity contribution is -0.137. The molecule has 1 atom stereocenters. The Kier molecular flexibility index (Phi) is 10.9. The normalized spacial score (nSPS) is 12.8. The Morgan fingerprint density at radius 3 is 1.85 bits per heavy atom. The van der Waals surface area contributed by atoms with Crippen LogP contribution in [0, 0.1) is 5.41 Å². The minimum Gasteiger partial charge on any atom is -0.461 e. The van der Waals surface area contributed by atoms with Crippen LogP contribution in [0.25, 0.3) is 94.6 Å². The molecule has 0 aliphatic rings. The number of amides is 1. The number of nitrogens with zero attached hydrogens (tertiary/aromatic N) is 2. The number of carbonyl (C=O) groups excluding carboxylic acids is 2. The van der Waals surface area contributed by atoms with Gasteiger partial charge in [0.2, 0.25) is 0 Å². The molecule has 11 aromatic rings. The van der Waals surface area contributed by atoms with Crippen LogP contribution in [0.5, 0.6) is 0 Å². The maximum absolute atomic E-state index is 13.2. The van der Waals surface area contributed by atoms with Crippen molar-refractivity contribution in [1.29, 1.82) is 0 Å². The van der Waals surface area contributed by atoms with E-state index in [0.717, 1.165) is 42.4 Å². The average Bonchev–Trinajstić information content (AvgIpc) is 4.12. The van der Waals surface area contributed by atoms with Crippen LogP contribution < -0.4 is 5.32 Å². The Balaban J connectivity index is 1.02. The van der Waals surface area contributed by atoms with Crippen molar-refractivity contribution in [2.24, 2.45) is 5.41 Å². The maximum atomic E-state index is 13.2. The highest BCUT2D eigenvalue weighted by Gasteiger charge is 2.30. The summed E-state index contributed by atoms with van der Waals surface area (Å²) < 4.78 is 20.7. The number of thiazole rings is 1. The van der Waals surface area contributed by atoms with Crippen molar-refractivity contribution in [3.05, 3.63) is 158 Å². The Morgan fingerprint density at radius 1 is 0.677 bits per heavy atom. The molecule has 1 N–H and O–H groups in total. The van der Waals surface area contributed by atoms with Crippen LogP contribution in [0.1, 0.15) is 6.92 Å². The van der Waals surface area contributed by atoms with Crippen molar-refractivity contribution in [2.45, 2.75) is 17.8 Å². The first-order valence-electron chi connectivity index (χ1n) is 21.4. The maximum Gasteiger partial charge on any atom is 0.407 e. The number of thioether (sulfide) groups is 1. The zero-order valence-corrected chi connectivity index (χ0v) is 38.6. The molecular weight excluding hydrogens is 883 g/mol. The fourth-order valence-electron chi connectivity index (χ4n) is 8.88. The summed E-state index contributed by atoms with van der Waals surface area (Å²) in [4.78, 5) is 29.6. The molecule has 4 aromatic heterocycles. The van der Waals surface area contributed by atoms with Crippen LogP contribution in [0.4, 0.5) is 4.79 Å². The minimum absolute atomic E-state index is 0.0187. The van der Waals surface area contributed by atoms with Crippen molar-refractivity contribution in [1.82, 2.24) is 14.9 Å². The van der Waals surface area contributed by atoms with Crippen molar-refractivity contribution in [2.75, 3.05) is 25.5 Å². The zero-order valence-electron chi connectivity index (χ0n) is 35.3. The van der Waals surface area contributed by atoms with Crippen LogP contribution in [0.15, 0.2) is 163 Å². The van der Waals surface area contributed by atoms with E-state index in [-0.39, 0.29) is 19.8 Å². The number of aromatic nitrogens is 2. The second-order valence-corrected chi connectivity index (χ2v) is 20.9. The topological polar surface area (TPSA) is 82.4 Å². The Morgan fingerprint density at radius 2 is 1.25 bits per heavy atom. The fourth-order valence-corrected chi connectivity index (χ4v) is 13.5. The molecular formula is C54H41N3O4S4. The highest BCUT2D eigenvalue weighted by atomic mass is 32.2. The molecule has 11 rings (SSSR count). The second kappa shape index (κ2) is 17.1. The molecule has 1 amide bonds. The van der Waals surface area contributed by atoms with Gasteiger partial charge in [-0.1, -0.05) is 122 Å². The van der Waals surface area contributed by atoms with Crippen LogP contribution in [0.3, 0.4) is 0 Å². The number of thiophene rings is 2. The number of hydrogen-bond donors (Lipinski definition) is 1. The molecule has 0 spiro atoms. The quantitative estimate of drug-likeness (QED) is 0.0537. The smallest absolute Gasteiger partial charge is 0.407 e. The molecule has 0 radical (unpaired) electrons. The number of nitrogens with one attached hydrogen (secondary N) is 1. The lowest BCUT2D eigenvalue weighted by Crippen LogP contribution is -2.36. The number of esters is 1. The molecule has 7 aromatic carbocycles. The molecule has 4 heterocycles. The van der Waals surface area contributed by atoms with Crippen LogP contribution in [-0.2, 0) is 20.8 Å². The van der Waals surface area contributed by atoms with Gasteiger partial charge >= 0.3 is 12.1 Å².